The molecule has 1 aromatic rings. The Hall–Kier alpha value is -0.340. The molecule has 2 rings (SSSR count). The van der Waals surface area contributed by atoms with Crippen molar-refractivity contribution in [2.75, 3.05) is 0 Å². The molecule has 84 valence electrons. The van der Waals surface area contributed by atoms with E-state index in [1.807, 2.05) is 11.3 Å². The molecule has 0 bridgehead atoms. The van der Waals surface area contributed by atoms with Gasteiger partial charge in [0.05, 0.1) is 0 Å². The summed E-state index contributed by atoms with van der Waals surface area (Å²) in [7, 11) is 0. The zero-order valence-electron chi connectivity index (χ0n) is 9.92. The van der Waals surface area contributed by atoms with Crippen LogP contribution in [-0.4, -0.2) is 0 Å². The molecule has 0 saturated heterocycles. The van der Waals surface area contributed by atoms with E-state index in [2.05, 4.69) is 32.9 Å². The third-order valence-corrected chi connectivity index (χ3v) is 4.96. The third-order valence-electron chi connectivity index (χ3n) is 3.35. The highest BCUT2D eigenvalue weighted by molar-refractivity contribution is 7.12. The summed E-state index contributed by atoms with van der Waals surface area (Å²) < 4.78 is 0. The zero-order chi connectivity index (χ0) is 11.1. The first-order valence-corrected chi connectivity index (χ1v) is 6.66. The van der Waals surface area contributed by atoms with Crippen LogP contribution in [0.15, 0.2) is 12.1 Å². The minimum absolute atomic E-state index is 0.266. The summed E-state index contributed by atoms with van der Waals surface area (Å²) in [5, 5.41) is 0. The lowest BCUT2D eigenvalue weighted by molar-refractivity contribution is 0.267. The van der Waals surface area contributed by atoms with Crippen molar-refractivity contribution in [3.63, 3.8) is 0 Å². The highest BCUT2D eigenvalue weighted by Crippen LogP contribution is 2.40. The SMILES string of the molecule is CC(C)(C)c1ccc(C(N)C2CCC2)s1. The number of thiophene rings is 1. The Kier molecular flexibility index (Phi) is 2.91. The van der Waals surface area contributed by atoms with Crippen LogP contribution in [0.1, 0.15) is 55.8 Å². The van der Waals surface area contributed by atoms with E-state index in [-0.39, 0.29) is 5.41 Å². The van der Waals surface area contributed by atoms with Gasteiger partial charge >= 0.3 is 0 Å². The second-order valence-corrected chi connectivity index (χ2v) is 6.78. The number of hydrogen-bond acceptors (Lipinski definition) is 2. The van der Waals surface area contributed by atoms with Crippen LogP contribution in [0, 0.1) is 5.92 Å². The molecule has 0 aliphatic heterocycles. The molecular weight excluding hydrogens is 202 g/mol. The molecule has 0 aromatic carbocycles. The van der Waals surface area contributed by atoms with Crippen LogP contribution in [0.2, 0.25) is 0 Å². The Morgan fingerprint density at radius 1 is 1.33 bits per heavy atom. The molecule has 15 heavy (non-hydrogen) atoms. The van der Waals surface area contributed by atoms with E-state index >= 15 is 0 Å². The summed E-state index contributed by atoms with van der Waals surface area (Å²) in [4.78, 5) is 2.83. The van der Waals surface area contributed by atoms with Gasteiger partial charge in [0.25, 0.3) is 0 Å². The predicted molar refractivity (Wildman–Crippen MR) is 67.3 cm³/mol. The van der Waals surface area contributed by atoms with Gasteiger partial charge in [0.1, 0.15) is 0 Å². The fourth-order valence-corrected chi connectivity index (χ4v) is 3.13. The molecule has 1 aliphatic rings. The van der Waals surface area contributed by atoms with E-state index in [9.17, 15) is 0 Å². The molecule has 1 nitrogen and oxygen atoms in total. The minimum atomic E-state index is 0.266. The highest BCUT2D eigenvalue weighted by Gasteiger charge is 2.27. The molecule has 0 radical (unpaired) electrons. The maximum absolute atomic E-state index is 6.27. The Balaban J connectivity index is 2.12. The van der Waals surface area contributed by atoms with Crippen molar-refractivity contribution in [1.82, 2.24) is 0 Å². The first kappa shape index (κ1) is 11.2. The number of hydrogen-bond donors (Lipinski definition) is 1. The van der Waals surface area contributed by atoms with E-state index in [1.54, 1.807) is 0 Å². The largest absolute Gasteiger partial charge is 0.323 e. The van der Waals surface area contributed by atoms with Crippen LogP contribution < -0.4 is 5.73 Å². The summed E-state index contributed by atoms with van der Waals surface area (Å²) in [5.74, 6) is 0.747. The average Bonchev–Trinajstić information content (AvgIpc) is 2.46. The second-order valence-electron chi connectivity index (χ2n) is 5.67. The van der Waals surface area contributed by atoms with Gasteiger partial charge in [0.2, 0.25) is 0 Å². The van der Waals surface area contributed by atoms with Crippen molar-refractivity contribution in [2.45, 2.75) is 51.5 Å². The maximum Gasteiger partial charge on any atom is 0.0418 e. The standard InChI is InChI=1S/C13H21NS/c1-13(2,3)11-8-7-10(15-11)12(14)9-5-4-6-9/h7-9,12H,4-6,14H2,1-3H3. The van der Waals surface area contributed by atoms with Gasteiger partial charge in [-0.2, -0.15) is 0 Å². The van der Waals surface area contributed by atoms with Crippen molar-refractivity contribution in [2.24, 2.45) is 11.7 Å². The van der Waals surface area contributed by atoms with Gasteiger partial charge in [0, 0.05) is 15.8 Å². The fraction of sp³-hybridized carbons (Fsp3) is 0.692. The molecular formula is C13H21NS. The van der Waals surface area contributed by atoms with Crippen molar-refractivity contribution < 1.29 is 0 Å². The zero-order valence-corrected chi connectivity index (χ0v) is 10.7. The Morgan fingerprint density at radius 3 is 2.40 bits per heavy atom. The van der Waals surface area contributed by atoms with Gasteiger partial charge in [0.15, 0.2) is 0 Å². The lowest BCUT2D eigenvalue weighted by Crippen LogP contribution is -2.26. The van der Waals surface area contributed by atoms with Gasteiger partial charge in [-0.05, 0) is 36.3 Å². The quantitative estimate of drug-likeness (QED) is 0.810. The molecule has 1 atom stereocenters. The highest BCUT2D eigenvalue weighted by atomic mass is 32.1. The van der Waals surface area contributed by atoms with Crippen LogP contribution in [0.25, 0.3) is 0 Å². The molecule has 1 aromatic heterocycles. The third kappa shape index (κ3) is 2.26. The summed E-state index contributed by atoms with van der Waals surface area (Å²) in [6.45, 7) is 6.78. The van der Waals surface area contributed by atoms with E-state index in [1.165, 1.54) is 29.0 Å². The fourth-order valence-electron chi connectivity index (χ4n) is 1.97. The maximum atomic E-state index is 6.27. The van der Waals surface area contributed by atoms with Gasteiger partial charge in [-0.25, -0.2) is 0 Å². The molecule has 2 heteroatoms. The monoisotopic (exact) mass is 223 g/mol. The molecule has 1 unspecified atom stereocenters. The van der Waals surface area contributed by atoms with Crippen molar-refractivity contribution in [3.05, 3.63) is 21.9 Å². The van der Waals surface area contributed by atoms with Crippen LogP contribution in [0.3, 0.4) is 0 Å². The summed E-state index contributed by atoms with van der Waals surface area (Å²) >= 11 is 1.90. The number of nitrogens with two attached hydrogens (primary N) is 1. The van der Waals surface area contributed by atoms with Gasteiger partial charge in [-0.15, -0.1) is 11.3 Å². The van der Waals surface area contributed by atoms with Crippen molar-refractivity contribution in [3.8, 4) is 0 Å². The van der Waals surface area contributed by atoms with Gasteiger partial charge in [-0.3, -0.25) is 0 Å². The topological polar surface area (TPSA) is 26.0 Å². The first-order valence-electron chi connectivity index (χ1n) is 5.84. The van der Waals surface area contributed by atoms with E-state index in [0.29, 0.717) is 6.04 Å². The summed E-state index contributed by atoms with van der Waals surface area (Å²) in [5.41, 5.74) is 6.53. The molecule has 0 amide bonds. The lowest BCUT2D eigenvalue weighted by Gasteiger charge is -2.30. The van der Waals surface area contributed by atoms with Gasteiger partial charge < -0.3 is 5.73 Å². The first-order chi connectivity index (χ1) is 6.98. The predicted octanol–water partition coefficient (Wildman–Crippen LogP) is 3.85. The van der Waals surface area contributed by atoms with Crippen molar-refractivity contribution >= 4 is 11.3 Å². The summed E-state index contributed by atoms with van der Waals surface area (Å²) in [6.07, 6.45) is 4.02. The smallest absolute Gasteiger partial charge is 0.0418 e. The summed E-state index contributed by atoms with van der Waals surface area (Å²) in [6, 6.07) is 4.77. The van der Waals surface area contributed by atoms with E-state index in [4.69, 9.17) is 5.73 Å². The second kappa shape index (κ2) is 3.91. The Morgan fingerprint density at radius 2 is 2.00 bits per heavy atom. The van der Waals surface area contributed by atoms with Crippen LogP contribution in [-0.2, 0) is 5.41 Å². The van der Waals surface area contributed by atoms with Crippen LogP contribution in [0.5, 0.6) is 0 Å². The molecule has 1 heterocycles. The number of rotatable bonds is 2. The minimum Gasteiger partial charge on any atom is -0.323 e. The molecule has 2 N–H and O–H groups in total. The van der Waals surface area contributed by atoms with Gasteiger partial charge in [-0.1, -0.05) is 27.2 Å². The molecule has 0 spiro atoms. The Labute approximate surface area is 96.7 Å². The van der Waals surface area contributed by atoms with E-state index < -0.39 is 0 Å². The van der Waals surface area contributed by atoms with Crippen LogP contribution in [0.4, 0.5) is 0 Å². The molecule has 1 fully saturated rings. The molecule has 1 saturated carbocycles. The van der Waals surface area contributed by atoms with E-state index in [0.717, 1.165) is 5.92 Å². The Bertz CT molecular complexity index is 331. The normalized spacial score (nSPS) is 20.0. The van der Waals surface area contributed by atoms with Crippen LogP contribution >= 0.6 is 11.3 Å². The lowest BCUT2D eigenvalue weighted by atomic mass is 9.79. The van der Waals surface area contributed by atoms with Crippen molar-refractivity contribution in [1.29, 1.82) is 0 Å². The average molecular weight is 223 g/mol. The molecule has 1 aliphatic carbocycles.